The Morgan fingerprint density at radius 3 is 2.20 bits per heavy atom. The monoisotopic (exact) mass is 396 g/mol. The molecule has 0 aromatic heterocycles. The van der Waals surface area contributed by atoms with Crippen LogP contribution in [0, 0.1) is 34.0 Å². The first-order valence-corrected chi connectivity index (χ1v) is 9.24. The fraction of sp³-hybridized carbons (Fsp3) is 0.227. The second-order valence-corrected chi connectivity index (χ2v) is 7.26. The van der Waals surface area contributed by atoms with Gasteiger partial charge in [0.25, 0.3) is 0 Å². The maximum atomic E-state index is 12.0. The van der Waals surface area contributed by atoms with E-state index < -0.39 is 23.7 Å². The lowest BCUT2D eigenvalue weighted by molar-refractivity contribution is -0.119. The highest BCUT2D eigenvalue weighted by Gasteiger charge is 2.63. The van der Waals surface area contributed by atoms with E-state index in [0.29, 0.717) is 47.2 Å². The van der Waals surface area contributed by atoms with Gasteiger partial charge >= 0.3 is 0 Å². The smallest absolute Gasteiger partial charge is 0.236 e. The van der Waals surface area contributed by atoms with Crippen LogP contribution in [0.25, 0.3) is 0 Å². The molecule has 0 radical (unpaired) electrons. The van der Waals surface area contributed by atoms with Crippen LogP contribution < -0.4 is 5.73 Å². The van der Waals surface area contributed by atoms with Crippen molar-refractivity contribution in [3.05, 3.63) is 70.3 Å². The number of primary amides is 1. The Hall–Kier alpha value is -4.03. The number of nitriles is 3. The van der Waals surface area contributed by atoms with E-state index in [-0.39, 0.29) is 0 Å². The van der Waals surface area contributed by atoms with Gasteiger partial charge in [-0.25, -0.2) is 0 Å². The van der Waals surface area contributed by atoms with Crippen LogP contribution in [0.5, 0.6) is 0 Å². The SMILES string of the molecule is N#Cc1ccc(C(c2cc(C#N)ccc2C=O)(N2CC2C#N)N2CC2C(N)=O)cc1. The number of benzene rings is 2. The lowest BCUT2D eigenvalue weighted by atomic mass is 9.85. The molecule has 0 spiro atoms. The van der Waals surface area contributed by atoms with E-state index in [0.717, 1.165) is 0 Å². The first kappa shape index (κ1) is 19.3. The Bertz CT molecular complexity index is 1170. The summed E-state index contributed by atoms with van der Waals surface area (Å²) in [6.07, 6.45) is 0.697. The molecule has 0 saturated carbocycles. The van der Waals surface area contributed by atoms with Gasteiger partial charge in [-0.3, -0.25) is 19.4 Å². The van der Waals surface area contributed by atoms with Crippen LogP contribution >= 0.6 is 0 Å². The first-order valence-electron chi connectivity index (χ1n) is 9.24. The van der Waals surface area contributed by atoms with E-state index in [1.165, 1.54) is 0 Å². The van der Waals surface area contributed by atoms with Crippen LogP contribution in [0.1, 0.15) is 32.6 Å². The zero-order valence-corrected chi connectivity index (χ0v) is 15.8. The minimum atomic E-state index is -1.14. The third kappa shape index (κ3) is 2.82. The van der Waals surface area contributed by atoms with Gasteiger partial charge in [0, 0.05) is 24.2 Å². The second kappa shape index (κ2) is 7.09. The second-order valence-electron chi connectivity index (χ2n) is 7.26. The topological polar surface area (TPSA) is 138 Å². The molecule has 5 unspecified atom stereocenters. The summed E-state index contributed by atoms with van der Waals surface area (Å²) in [5.41, 5.74) is 6.76. The minimum Gasteiger partial charge on any atom is -0.368 e. The lowest BCUT2D eigenvalue weighted by Gasteiger charge is -2.39. The summed E-state index contributed by atoms with van der Waals surface area (Å²) in [7, 11) is 0. The first-order chi connectivity index (χ1) is 14.5. The number of nitrogens with zero attached hydrogens (tertiary/aromatic N) is 5. The van der Waals surface area contributed by atoms with E-state index in [1.54, 1.807) is 42.5 Å². The van der Waals surface area contributed by atoms with Crippen LogP contribution in [0.3, 0.4) is 0 Å². The molecule has 2 aliphatic heterocycles. The highest BCUT2D eigenvalue weighted by Crippen LogP contribution is 2.51. The van der Waals surface area contributed by atoms with Crippen molar-refractivity contribution in [2.75, 3.05) is 13.1 Å². The van der Waals surface area contributed by atoms with E-state index in [2.05, 4.69) is 18.2 Å². The number of hydrogen-bond donors (Lipinski definition) is 1. The zero-order chi connectivity index (χ0) is 21.5. The Kier molecular flexibility index (Phi) is 4.56. The highest BCUT2D eigenvalue weighted by molar-refractivity contribution is 5.84. The Labute approximate surface area is 172 Å². The Morgan fingerprint density at radius 2 is 1.70 bits per heavy atom. The predicted octanol–water partition coefficient (Wildman–Crippen LogP) is 0.821. The molecule has 2 saturated heterocycles. The molecule has 146 valence electrons. The average Bonchev–Trinajstić information content (AvgIpc) is 3.69. The van der Waals surface area contributed by atoms with Gasteiger partial charge in [-0.1, -0.05) is 12.1 Å². The fourth-order valence-corrected chi connectivity index (χ4v) is 4.12. The fourth-order valence-electron chi connectivity index (χ4n) is 4.12. The van der Waals surface area contributed by atoms with Crippen LogP contribution in [0.4, 0.5) is 0 Å². The van der Waals surface area contributed by atoms with Crippen molar-refractivity contribution in [2.24, 2.45) is 5.73 Å². The van der Waals surface area contributed by atoms with Gasteiger partial charge in [-0.05, 0) is 35.9 Å². The molecule has 8 heteroatoms. The molecular weight excluding hydrogens is 380 g/mol. The molecule has 5 atom stereocenters. The summed E-state index contributed by atoms with van der Waals surface area (Å²) in [4.78, 5) is 27.6. The molecule has 2 aromatic rings. The molecule has 0 aliphatic carbocycles. The highest BCUT2D eigenvalue weighted by atomic mass is 16.2. The van der Waals surface area contributed by atoms with Crippen molar-refractivity contribution in [3.63, 3.8) is 0 Å². The summed E-state index contributed by atoms with van der Waals surface area (Å²) in [6, 6.07) is 16.9. The predicted molar refractivity (Wildman–Crippen MR) is 104 cm³/mol. The van der Waals surface area contributed by atoms with Gasteiger partial charge in [0.05, 0.1) is 29.3 Å². The molecule has 2 aliphatic rings. The number of carbonyl (C=O) groups is 2. The van der Waals surface area contributed by atoms with Gasteiger partial charge < -0.3 is 5.73 Å². The molecule has 30 heavy (non-hydrogen) atoms. The maximum Gasteiger partial charge on any atom is 0.236 e. The molecule has 0 bridgehead atoms. The maximum absolute atomic E-state index is 12.0. The standard InChI is InChI=1S/C22H16N6O2/c23-8-14-2-5-17(6-3-14)22(27-11-18(27)10-25,28-12-20(28)21(26)30)19-7-15(9-24)1-4-16(19)13-29/h1-7,13,18,20H,11-12H2,(H2,26,30). The number of aldehydes is 1. The van der Waals surface area contributed by atoms with Crippen molar-refractivity contribution in [2.45, 2.75) is 17.7 Å². The Morgan fingerprint density at radius 1 is 1.03 bits per heavy atom. The number of nitrogens with two attached hydrogens (primary N) is 1. The van der Waals surface area contributed by atoms with Crippen molar-refractivity contribution in [3.8, 4) is 18.2 Å². The summed E-state index contributed by atoms with van der Waals surface area (Å²) >= 11 is 0. The van der Waals surface area contributed by atoms with Gasteiger partial charge in [-0.2, -0.15) is 15.8 Å². The number of carbonyl (C=O) groups excluding carboxylic acids is 2. The van der Waals surface area contributed by atoms with Crippen LogP contribution in [0.15, 0.2) is 42.5 Å². The molecule has 2 fully saturated rings. The van der Waals surface area contributed by atoms with Gasteiger partial charge in [0.2, 0.25) is 5.91 Å². The summed E-state index contributed by atoms with van der Waals surface area (Å²) in [6.45, 7) is 0.770. The van der Waals surface area contributed by atoms with Crippen molar-refractivity contribution in [1.82, 2.24) is 9.80 Å². The van der Waals surface area contributed by atoms with E-state index in [9.17, 15) is 25.4 Å². The number of amides is 1. The average molecular weight is 396 g/mol. The largest absolute Gasteiger partial charge is 0.368 e. The third-order valence-corrected chi connectivity index (χ3v) is 5.63. The van der Waals surface area contributed by atoms with E-state index in [4.69, 9.17) is 5.73 Å². The molecule has 8 nitrogen and oxygen atoms in total. The summed E-state index contributed by atoms with van der Waals surface area (Å²) < 4.78 is 0. The normalized spacial score (nSPS) is 25.6. The van der Waals surface area contributed by atoms with Gasteiger partial charge in [0.15, 0.2) is 0 Å². The van der Waals surface area contributed by atoms with E-state index >= 15 is 0 Å². The summed E-state index contributed by atoms with van der Waals surface area (Å²) in [5.74, 6) is -0.507. The van der Waals surface area contributed by atoms with Crippen molar-refractivity contribution < 1.29 is 9.59 Å². The van der Waals surface area contributed by atoms with Gasteiger partial charge in [0.1, 0.15) is 24.0 Å². The number of rotatable bonds is 6. The molecule has 2 N–H and O–H groups in total. The van der Waals surface area contributed by atoms with E-state index in [1.807, 2.05) is 9.80 Å². The molecule has 4 rings (SSSR count). The molecule has 2 heterocycles. The van der Waals surface area contributed by atoms with Crippen LogP contribution in [0.2, 0.25) is 0 Å². The molecule has 1 amide bonds. The van der Waals surface area contributed by atoms with Crippen molar-refractivity contribution >= 4 is 12.2 Å². The third-order valence-electron chi connectivity index (χ3n) is 5.63. The quantitative estimate of drug-likeness (QED) is 0.563. The minimum absolute atomic E-state index is 0.345. The summed E-state index contributed by atoms with van der Waals surface area (Å²) in [5, 5.41) is 28.2. The molecular formula is C22H16N6O2. The van der Waals surface area contributed by atoms with Crippen molar-refractivity contribution in [1.29, 1.82) is 15.8 Å². The Balaban J connectivity index is 2.03. The van der Waals surface area contributed by atoms with Crippen LogP contribution in [-0.2, 0) is 10.5 Å². The zero-order valence-electron chi connectivity index (χ0n) is 15.8. The lowest BCUT2D eigenvalue weighted by Crippen LogP contribution is -2.47. The van der Waals surface area contributed by atoms with Crippen LogP contribution in [-0.4, -0.2) is 47.2 Å². The molecule has 2 aromatic carbocycles. The number of hydrogen-bond acceptors (Lipinski definition) is 7. The van der Waals surface area contributed by atoms with Gasteiger partial charge in [-0.15, -0.1) is 0 Å².